The second-order valence-electron chi connectivity index (χ2n) is 4.07. The Morgan fingerprint density at radius 2 is 1.95 bits per heavy atom. The van der Waals surface area contributed by atoms with Crippen molar-refractivity contribution in [3.8, 4) is 16.9 Å². The van der Waals surface area contributed by atoms with Crippen molar-refractivity contribution < 1.29 is 0 Å². The predicted molar refractivity (Wildman–Crippen MR) is 78.9 cm³/mol. The molecule has 0 fully saturated rings. The van der Waals surface area contributed by atoms with Crippen molar-refractivity contribution in [2.45, 2.75) is 0 Å². The van der Waals surface area contributed by atoms with E-state index in [1.165, 1.54) is 0 Å². The minimum Gasteiger partial charge on any atom is -0.398 e. The molecule has 0 unspecified atom stereocenters. The Hall–Kier alpha value is -2.14. The van der Waals surface area contributed by atoms with Gasteiger partial charge in [-0.1, -0.05) is 18.2 Å². The van der Waals surface area contributed by atoms with Gasteiger partial charge in [0.1, 0.15) is 0 Å². The van der Waals surface area contributed by atoms with Gasteiger partial charge in [0, 0.05) is 29.2 Å². The maximum Gasteiger partial charge on any atom is 0.167 e. The topological polar surface area (TPSA) is 56.7 Å². The zero-order chi connectivity index (χ0) is 13.2. The fraction of sp³-hybridized carbons (Fsp3) is 0. The number of anilines is 1. The first kappa shape index (κ1) is 11.9. The lowest BCUT2D eigenvalue weighted by atomic mass is 10.1. The van der Waals surface area contributed by atoms with Gasteiger partial charge in [-0.3, -0.25) is 0 Å². The number of nitrogens with zero attached hydrogens (tertiary/aromatic N) is 3. The molecule has 19 heavy (non-hydrogen) atoms. The number of hydrogen-bond acceptors (Lipinski definition) is 3. The molecule has 1 aromatic carbocycles. The maximum absolute atomic E-state index is 5.97. The molecule has 0 aliphatic rings. The first-order chi connectivity index (χ1) is 9.25. The van der Waals surface area contributed by atoms with Gasteiger partial charge in [-0.2, -0.15) is 5.10 Å². The fourth-order valence-electron chi connectivity index (χ4n) is 1.88. The molecule has 2 N–H and O–H groups in total. The molecular formula is C14H11BrN4. The van der Waals surface area contributed by atoms with E-state index in [9.17, 15) is 0 Å². The Bertz CT molecular complexity index is 661. The standard InChI is InChI=1S/C14H11BrN4/c15-12-5-3-7-17-14(12)19-9-10(8-18-19)11-4-1-2-6-13(11)16/h1-9H,16H2. The lowest BCUT2D eigenvalue weighted by Crippen LogP contribution is -1.98. The van der Waals surface area contributed by atoms with Crippen LogP contribution in [0.15, 0.2) is 59.5 Å². The van der Waals surface area contributed by atoms with Crippen LogP contribution in [0.5, 0.6) is 0 Å². The molecule has 0 atom stereocenters. The third-order valence-electron chi connectivity index (χ3n) is 2.81. The van der Waals surface area contributed by atoms with Crippen molar-refractivity contribution in [1.82, 2.24) is 14.8 Å². The van der Waals surface area contributed by atoms with Crippen molar-refractivity contribution in [2.24, 2.45) is 0 Å². The van der Waals surface area contributed by atoms with Crippen LogP contribution in [-0.2, 0) is 0 Å². The van der Waals surface area contributed by atoms with E-state index >= 15 is 0 Å². The molecule has 3 aromatic rings. The summed E-state index contributed by atoms with van der Waals surface area (Å²) in [5, 5.41) is 4.33. The summed E-state index contributed by atoms with van der Waals surface area (Å²) in [7, 11) is 0. The van der Waals surface area contributed by atoms with E-state index in [4.69, 9.17) is 5.73 Å². The van der Waals surface area contributed by atoms with Gasteiger partial charge in [0.25, 0.3) is 0 Å². The van der Waals surface area contributed by atoms with Gasteiger partial charge < -0.3 is 5.73 Å². The molecule has 0 bridgehead atoms. The number of benzene rings is 1. The highest BCUT2D eigenvalue weighted by Crippen LogP contribution is 2.26. The second kappa shape index (κ2) is 4.85. The monoisotopic (exact) mass is 314 g/mol. The lowest BCUT2D eigenvalue weighted by molar-refractivity contribution is 0.842. The number of hydrogen-bond donors (Lipinski definition) is 1. The van der Waals surface area contributed by atoms with Gasteiger partial charge in [-0.15, -0.1) is 0 Å². The zero-order valence-electron chi connectivity index (χ0n) is 9.99. The molecule has 0 saturated carbocycles. The molecule has 0 spiro atoms. The van der Waals surface area contributed by atoms with Crippen LogP contribution in [0.25, 0.3) is 16.9 Å². The molecule has 0 saturated heterocycles. The van der Waals surface area contributed by atoms with Gasteiger partial charge in [-0.25, -0.2) is 9.67 Å². The maximum atomic E-state index is 5.97. The van der Waals surface area contributed by atoms with Crippen molar-refractivity contribution in [1.29, 1.82) is 0 Å². The number of aromatic nitrogens is 3. The summed E-state index contributed by atoms with van der Waals surface area (Å²) in [5.74, 6) is 0.753. The lowest BCUT2D eigenvalue weighted by Gasteiger charge is -2.03. The molecule has 0 aliphatic heterocycles. The van der Waals surface area contributed by atoms with Crippen molar-refractivity contribution in [3.63, 3.8) is 0 Å². The van der Waals surface area contributed by atoms with Crippen LogP contribution in [0.1, 0.15) is 0 Å². The molecule has 0 aliphatic carbocycles. The van der Waals surface area contributed by atoms with Crippen LogP contribution in [0.3, 0.4) is 0 Å². The zero-order valence-corrected chi connectivity index (χ0v) is 11.6. The van der Waals surface area contributed by atoms with Crippen molar-refractivity contribution >= 4 is 21.6 Å². The van der Waals surface area contributed by atoms with Crippen LogP contribution in [0, 0.1) is 0 Å². The molecule has 94 valence electrons. The smallest absolute Gasteiger partial charge is 0.167 e. The van der Waals surface area contributed by atoms with Gasteiger partial charge in [-0.05, 0) is 34.1 Å². The van der Waals surface area contributed by atoms with E-state index in [1.807, 2.05) is 42.6 Å². The fourth-order valence-corrected chi connectivity index (χ4v) is 2.32. The highest BCUT2D eigenvalue weighted by Gasteiger charge is 2.08. The average Bonchev–Trinajstić information content (AvgIpc) is 2.89. The van der Waals surface area contributed by atoms with E-state index < -0.39 is 0 Å². The molecule has 0 radical (unpaired) electrons. The SMILES string of the molecule is Nc1ccccc1-c1cnn(-c2ncccc2Br)c1. The normalized spacial score (nSPS) is 10.6. The number of pyridine rings is 1. The van der Waals surface area contributed by atoms with E-state index in [1.54, 1.807) is 17.1 Å². The number of nitrogen functional groups attached to an aromatic ring is 1. The summed E-state index contributed by atoms with van der Waals surface area (Å²) >= 11 is 3.46. The third kappa shape index (κ3) is 2.24. The Balaban J connectivity index is 2.06. The van der Waals surface area contributed by atoms with Crippen molar-refractivity contribution in [3.05, 3.63) is 59.5 Å². The van der Waals surface area contributed by atoms with Crippen LogP contribution < -0.4 is 5.73 Å². The molecule has 0 amide bonds. The summed E-state index contributed by atoms with van der Waals surface area (Å²) < 4.78 is 2.62. The highest BCUT2D eigenvalue weighted by molar-refractivity contribution is 9.10. The quantitative estimate of drug-likeness (QED) is 0.738. The number of para-hydroxylation sites is 1. The third-order valence-corrected chi connectivity index (χ3v) is 3.43. The van der Waals surface area contributed by atoms with Crippen LogP contribution >= 0.6 is 15.9 Å². The minimum absolute atomic E-state index is 0.738. The molecule has 2 aromatic heterocycles. The van der Waals surface area contributed by atoms with E-state index in [0.29, 0.717) is 0 Å². The molecule has 2 heterocycles. The van der Waals surface area contributed by atoms with Gasteiger partial charge in [0.05, 0.1) is 10.7 Å². The average molecular weight is 315 g/mol. The Morgan fingerprint density at radius 1 is 1.11 bits per heavy atom. The predicted octanol–water partition coefficient (Wildman–Crippen LogP) is 3.28. The van der Waals surface area contributed by atoms with Crippen molar-refractivity contribution in [2.75, 3.05) is 5.73 Å². The Labute approximate surface area is 119 Å². The minimum atomic E-state index is 0.738. The largest absolute Gasteiger partial charge is 0.398 e. The Morgan fingerprint density at radius 3 is 2.74 bits per heavy atom. The number of nitrogens with two attached hydrogens (primary N) is 1. The number of rotatable bonds is 2. The highest BCUT2D eigenvalue weighted by atomic mass is 79.9. The van der Waals surface area contributed by atoms with Crippen LogP contribution in [0.4, 0.5) is 5.69 Å². The summed E-state index contributed by atoms with van der Waals surface area (Å²) in [6.45, 7) is 0. The summed E-state index contributed by atoms with van der Waals surface area (Å²) in [5.41, 5.74) is 8.65. The van der Waals surface area contributed by atoms with Crippen LogP contribution in [-0.4, -0.2) is 14.8 Å². The summed E-state index contributed by atoms with van der Waals surface area (Å²) in [6, 6.07) is 11.5. The summed E-state index contributed by atoms with van der Waals surface area (Å²) in [6.07, 6.45) is 5.43. The molecule has 5 heteroatoms. The van der Waals surface area contributed by atoms with Crippen LogP contribution in [0.2, 0.25) is 0 Å². The summed E-state index contributed by atoms with van der Waals surface area (Å²) in [4.78, 5) is 4.30. The van der Waals surface area contributed by atoms with E-state index in [-0.39, 0.29) is 0 Å². The Kier molecular flexibility index (Phi) is 3.05. The molecule has 3 rings (SSSR count). The molecular weight excluding hydrogens is 304 g/mol. The molecule has 4 nitrogen and oxygen atoms in total. The first-order valence-electron chi connectivity index (χ1n) is 5.76. The van der Waals surface area contributed by atoms with Gasteiger partial charge >= 0.3 is 0 Å². The van der Waals surface area contributed by atoms with Gasteiger partial charge in [0.2, 0.25) is 0 Å². The number of halogens is 1. The van der Waals surface area contributed by atoms with Gasteiger partial charge in [0.15, 0.2) is 5.82 Å². The van der Waals surface area contributed by atoms with E-state index in [2.05, 4.69) is 26.0 Å². The van der Waals surface area contributed by atoms with E-state index in [0.717, 1.165) is 27.1 Å². The second-order valence-corrected chi connectivity index (χ2v) is 4.92. The first-order valence-corrected chi connectivity index (χ1v) is 6.55.